The minimum Gasteiger partial charge on any atom is -0.383 e. The molecule has 116 valence electrons. The van der Waals surface area contributed by atoms with Gasteiger partial charge in [0, 0.05) is 32.1 Å². The van der Waals surface area contributed by atoms with E-state index >= 15 is 0 Å². The molecular weight excluding hydrogens is 296 g/mol. The molecule has 0 amide bonds. The van der Waals surface area contributed by atoms with Crippen molar-refractivity contribution in [2.45, 2.75) is 31.0 Å². The van der Waals surface area contributed by atoms with Crippen molar-refractivity contribution in [3.8, 4) is 0 Å². The van der Waals surface area contributed by atoms with Crippen LogP contribution >= 0.6 is 11.3 Å². The highest BCUT2D eigenvalue weighted by molar-refractivity contribution is 7.91. The Morgan fingerprint density at radius 3 is 2.75 bits per heavy atom. The second-order valence-corrected chi connectivity index (χ2v) is 8.08. The van der Waals surface area contributed by atoms with Gasteiger partial charge in [-0.05, 0) is 31.5 Å². The number of sulfonamides is 1. The summed E-state index contributed by atoms with van der Waals surface area (Å²) in [5, 5.41) is 3.30. The van der Waals surface area contributed by atoms with Crippen molar-refractivity contribution >= 4 is 21.4 Å². The van der Waals surface area contributed by atoms with Crippen molar-refractivity contribution in [2.75, 3.05) is 33.9 Å². The predicted octanol–water partition coefficient (Wildman–Crippen LogP) is 1.82. The second kappa shape index (κ2) is 8.09. The lowest BCUT2D eigenvalue weighted by Gasteiger charge is -2.15. The number of nitrogens with zero attached hydrogens (tertiary/aromatic N) is 1. The molecule has 0 atom stereocenters. The molecule has 0 spiro atoms. The third kappa shape index (κ3) is 4.53. The zero-order valence-electron chi connectivity index (χ0n) is 12.6. The Balaban J connectivity index is 2.82. The Kier molecular flexibility index (Phi) is 7.11. The first kappa shape index (κ1) is 17.6. The summed E-state index contributed by atoms with van der Waals surface area (Å²) in [5.41, 5.74) is 1.03. The Morgan fingerprint density at radius 2 is 2.15 bits per heavy atom. The molecule has 20 heavy (non-hydrogen) atoms. The van der Waals surface area contributed by atoms with Crippen LogP contribution in [0.25, 0.3) is 0 Å². The number of thiophene rings is 1. The predicted molar refractivity (Wildman–Crippen MR) is 82.7 cm³/mol. The minimum atomic E-state index is -3.40. The van der Waals surface area contributed by atoms with Gasteiger partial charge in [-0.15, -0.1) is 11.3 Å². The second-order valence-electron chi connectivity index (χ2n) is 4.67. The largest absolute Gasteiger partial charge is 0.383 e. The van der Waals surface area contributed by atoms with Crippen LogP contribution in [0.4, 0.5) is 0 Å². The first-order valence-corrected chi connectivity index (χ1v) is 8.94. The molecule has 5 nitrogen and oxygen atoms in total. The molecule has 0 aromatic carbocycles. The third-order valence-corrected chi connectivity index (χ3v) is 6.53. The SMILES string of the molecule is CCCNCc1sc(S(=O)(=O)N(C)CCOC)cc1C. The zero-order chi connectivity index (χ0) is 15.2. The summed E-state index contributed by atoms with van der Waals surface area (Å²) in [7, 11) is -0.255. The van der Waals surface area contributed by atoms with Crippen LogP contribution in [0.1, 0.15) is 23.8 Å². The molecule has 1 heterocycles. The van der Waals surface area contributed by atoms with Gasteiger partial charge in [-0.25, -0.2) is 8.42 Å². The molecule has 1 aromatic heterocycles. The van der Waals surface area contributed by atoms with Crippen LogP contribution in [0.3, 0.4) is 0 Å². The number of ether oxygens (including phenoxy) is 1. The average Bonchev–Trinajstić information content (AvgIpc) is 2.78. The highest BCUT2D eigenvalue weighted by Crippen LogP contribution is 2.27. The van der Waals surface area contributed by atoms with E-state index in [0.717, 1.165) is 30.0 Å². The fraction of sp³-hybridized carbons (Fsp3) is 0.692. The number of rotatable bonds is 9. The van der Waals surface area contributed by atoms with Crippen LogP contribution in [0.5, 0.6) is 0 Å². The van der Waals surface area contributed by atoms with Gasteiger partial charge in [-0.2, -0.15) is 4.31 Å². The van der Waals surface area contributed by atoms with Crippen LogP contribution in [-0.2, 0) is 21.3 Å². The topological polar surface area (TPSA) is 58.6 Å². The van der Waals surface area contributed by atoms with E-state index in [1.807, 2.05) is 6.92 Å². The fourth-order valence-corrected chi connectivity index (χ4v) is 4.59. The quantitative estimate of drug-likeness (QED) is 0.705. The molecule has 0 aliphatic heterocycles. The van der Waals surface area contributed by atoms with Crippen LogP contribution in [0.2, 0.25) is 0 Å². The van der Waals surface area contributed by atoms with Gasteiger partial charge in [0.15, 0.2) is 0 Å². The fourth-order valence-electron chi connectivity index (χ4n) is 1.66. The number of hydrogen-bond donors (Lipinski definition) is 1. The molecule has 0 aliphatic rings. The average molecular weight is 320 g/mol. The summed E-state index contributed by atoms with van der Waals surface area (Å²) in [6.45, 7) is 6.47. The minimum absolute atomic E-state index is 0.360. The summed E-state index contributed by atoms with van der Waals surface area (Å²) < 4.78 is 31.5. The Labute approximate surface area is 126 Å². The molecule has 0 saturated carbocycles. The molecule has 0 saturated heterocycles. The van der Waals surface area contributed by atoms with Crippen molar-refractivity contribution in [3.05, 3.63) is 16.5 Å². The van der Waals surface area contributed by atoms with E-state index < -0.39 is 10.0 Å². The standard InChI is InChI=1S/C13H24N2O3S2/c1-5-6-14-10-12-11(2)9-13(19-12)20(16,17)15(3)7-8-18-4/h9,14H,5-8,10H2,1-4H3. The molecule has 7 heteroatoms. The lowest BCUT2D eigenvalue weighted by Crippen LogP contribution is -2.29. The molecule has 0 radical (unpaired) electrons. The van der Waals surface area contributed by atoms with Gasteiger partial charge < -0.3 is 10.1 Å². The number of hydrogen-bond acceptors (Lipinski definition) is 5. The van der Waals surface area contributed by atoms with E-state index in [1.165, 1.54) is 15.6 Å². The smallest absolute Gasteiger partial charge is 0.252 e. The van der Waals surface area contributed by atoms with Crippen molar-refractivity contribution in [1.82, 2.24) is 9.62 Å². The lowest BCUT2D eigenvalue weighted by molar-refractivity contribution is 0.185. The number of likely N-dealkylation sites (N-methyl/N-ethyl adjacent to an activating group) is 1. The number of nitrogens with one attached hydrogen (secondary N) is 1. The highest BCUT2D eigenvalue weighted by Gasteiger charge is 2.23. The Bertz CT molecular complexity index is 512. The molecule has 0 unspecified atom stereocenters. The maximum Gasteiger partial charge on any atom is 0.252 e. The Morgan fingerprint density at radius 1 is 1.45 bits per heavy atom. The van der Waals surface area contributed by atoms with Gasteiger partial charge in [0.05, 0.1) is 6.61 Å². The summed E-state index contributed by atoms with van der Waals surface area (Å²) in [5.74, 6) is 0. The summed E-state index contributed by atoms with van der Waals surface area (Å²) in [4.78, 5) is 1.08. The normalized spacial score (nSPS) is 12.2. The zero-order valence-corrected chi connectivity index (χ0v) is 14.2. The highest BCUT2D eigenvalue weighted by atomic mass is 32.2. The van der Waals surface area contributed by atoms with Crippen LogP contribution < -0.4 is 5.32 Å². The van der Waals surface area contributed by atoms with E-state index in [4.69, 9.17) is 4.74 Å². The molecular formula is C13H24N2O3S2. The molecule has 0 fully saturated rings. The van der Waals surface area contributed by atoms with Crippen molar-refractivity contribution in [2.24, 2.45) is 0 Å². The van der Waals surface area contributed by atoms with Crippen molar-refractivity contribution in [1.29, 1.82) is 0 Å². The number of methoxy groups -OCH3 is 1. The van der Waals surface area contributed by atoms with Crippen molar-refractivity contribution in [3.63, 3.8) is 0 Å². The Hall–Kier alpha value is -0.470. The van der Waals surface area contributed by atoms with Gasteiger partial charge in [-0.1, -0.05) is 6.92 Å². The molecule has 1 aromatic rings. The van der Waals surface area contributed by atoms with Gasteiger partial charge in [0.25, 0.3) is 10.0 Å². The van der Waals surface area contributed by atoms with Crippen molar-refractivity contribution < 1.29 is 13.2 Å². The van der Waals surface area contributed by atoms with Crippen LogP contribution in [0, 0.1) is 6.92 Å². The van der Waals surface area contributed by atoms with Gasteiger partial charge in [0.2, 0.25) is 0 Å². The summed E-state index contributed by atoms with van der Waals surface area (Å²) in [6, 6.07) is 1.76. The van der Waals surface area contributed by atoms with Crippen LogP contribution in [0.15, 0.2) is 10.3 Å². The third-order valence-electron chi connectivity index (χ3n) is 2.99. The van der Waals surface area contributed by atoms with Gasteiger partial charge >= 0.3 is 0 Å². The van der Waals surface area contributed by atoms with Crippen LogP contribution in [-0.4, -0.2) is 46.6 Å². The summed E-state index contributed by atoms with van der Waals surface area (Å²) in [6.07, 6.45) is 1.06. The first-order valence-electron chi connectivity index (χ1n) is 6.68. The lowest BCUT2D eigenvalue weighted by atomic mass is 10.3. The first-order chi connectivity index (χ1) is 9.43. The molecule has 1 N–H and O–H groups in total. The van der Waals surface area contributed by atoms with Gasteiger partial charge in [0.1, 0.15) is 4.21 Å². The maximum absolute atomic E-state index is 12.4. The van der Waals surface area contributed by atoms with Gasteiger partial charge in [-0.3, -0.25) is 0 Å². The summed E-state index contributed by atoms with van der Waals surface area (Å²) >= 11 is 1.35. The maximum atomic E-state index is 12.4. The van der Waals surface area contributed by atoms with E-state index in [2.05, 4.69) is 12.2 Å². The number of aryl methyl sites for hydroxylation is 1. The molecule has 0 bridgehead atoms. The van der Waals surface area contributed by atoms with E-state index in [1.54, 1.807) is 20.2 Å². The molecule has 1 rings (SSSR count). The van der Waals surface area contributed by atoms with E-state index in [-0.39, 0.29) is 0 Å². The monoisotopic (exact) mass is 320 g/mol. The molecule has 0 aliphatic carbocycles. The van der Waals surface area contributed by atoms with E-state index in [9.17, 15) is 8.42 Å². The van der Waals surface area contributed by atoms with E-state index in [0.29, 0.717) is 17.4 Å².